The molecule has 94 valence electrons. The molecule has 0 aromatic heterocycles. The molecule has 2 nitrogen and oxygen atoms in total. The first kappa shape index (κ1) is 12.2. The van der Waals surface area contributed by atoms with Gasteiger partial charge in [0.25, 0.3) is 0 Å². The van der Waals surface area contributed by atoms with E-state index in [0.29, 0.717) is 18.4 Å². The number of rotatable bonds is 3. The number of hydrogen-bond acceptors (Lipinski definition) is 2. The van der Waals surface area contributed by atoms with Crippen molar-refractivity contribution in [3.63, 3.8) is 0 Å². The highest BCUT2D eigenvalue weighted by Gasteiger charge is 2.37. The van der Waals surface area contributed by atoms with Crippen molar-refractivity contribution in [2.75, 3.05) is 0 Å². The van der Waals surface area contributed by atoms with Gasteiger partial charge < -0.3 is 10.8 Å². The van der Waals surface area contributed by atoms with Gasteiger partial charge in [0.15, 0.2) is 0 Å². The van der Waals surface area contributed by atoms with Crippen LogP contribution in [0.5, 0.6) is 5.75 Å². The van der Waals surface area contributed by atoms with Crippen LogP contribution in [0.4, 0.5) is 13.2 Å². The van der Waals surface area contributed by atoms with Gasteiger partial charge in [0.2, 0.25) is 0 Å². The summed E-state index contributed by atoms with van der Waals surface area (Å²) in [6, 6.07) is 2.98. The van der Waals surface area contributed by atoms with E-state index in [1.165, 1.54) is 0 Å². The molecule has 0 bridgehead atoms. The number of nitrogens with two attached hydrogens (primary N) is 1. The van der Waals surface area contributed by atoms with E-state index in [2.05, 4.69) is 0 Å². The molecule has 5 heteroatoms. The molecule has 0 radical (unpaired) electrons. The first-order valence-corrected chi connectivity index (χ1v) is 5.48. The van der Waals surface area contributed by atoms with Crippen molar-refractivity contribution in [1.82, 2.24) is 0 Å². The highest BCUT2D eigenvalue weighted by atomic mass is 19.4. The number of hydrogen-bond donors (Lipinski definition) is 2. The third kappa shape index (κ3) is 2.91. The summed E-state index contributed by atoms with van der Waals surface area (Å²) in [5.74, 6) is -0.0951. The van der Waals surface area contributed by atoms with Crippen LogP contribution in [0.15, 0.2) is 18.2 Å². The molecule has 1 aliphatic carbocycles. The van der Waals surface area contributed by atoms with Crippen LogP contribution in [-0.4, -0.2) is 10.6 Å². The van der Waals surface area contributed by atoms with Gasteiger partial charge in [-0.25, -0.2) is 0 Å². The van der Waals surface area contributed by atoms with Crippen LogP contribution in [0, 0.1) is 0 Å². The number of halogens is 3. The minimum atomic E-state index is -4.37. The summed E-state index contributed by atoms with van der Waals surface area (Å²) in [6.45, 7) is 0. The molecule has 0 spiro atoms. The summed E-state index contributed by atoms with van der Waals surface area (Å²) in [6.07, 6.45) is -1.56. The first-order valence-electron chi connectivity index (χ1n) is 5.48. The Hall–Kier alpha value is -1.23. The lowest BCUT2D eigenvalue weighted by Crippen LogP contribution is -2.22. The third-order valence-electron chi connectivity index (χ3n) is 3.19. The molecule has 0 heterocycles. The van der Waals surface area contributed by atoms with E-state index in [4.69, 9.17) is 5.73 Å². The predicted octanol–water partition coefficient (Wildman–Crippen LogP) is 2.83. The Kier molecular flexibility index (Phi) is 2.81. The monoisotopic (exact) mass is 245 g/mol. The lowest BCUT2D eigenvalue weighted by molar-refractivity contribution is -0.137. The van der Waals surface area contributed by atoms with Gasteiger partial charge in [0, 0.05) is 5.54 Å². The molecule has 1 aromatic carbocycles. The summed E-state index contributed by atoms with van der Waals surface area (Å²) in [4.78, 5) is 0. The zero-order chi connectivity index (χ0) is 12.7. The van der Waals surface area contributed by atoms with E-state index in [-0.39, 0.29) is 11.3 Å². The summed E-state index contributed by atoms with van der Waals surface area (Å²) in [7, 11) is 0. The normalized spacial score (nSPS) is 18.1. The van der Waals surface area contributed by atoms with E-state index < -0.39 is 11.7 Å². The van der Waals surface area contributed by atoms with Crippen LogP contribution >= 0.6 is 0 Å². The van der Waals surface area contributed by atoms with Gasteiger partial charge in [0.1, 0.15) is 5.75 Å². The highest BCUT2D eigenvalue weighted by Crippen LogP contribution is 2.38. The molecular formula is C12H14F3NO. The minimum absolute atomic E-state index is 0.0951. The van der Waals surface area contributed by atoms with Crippen LogP contribution in [0.2, 0.25) is 0 Å². The Morgan fingerprint density at radius 2 is 1.94 bits per heavy atom. The maximum absolute atomic E-state index is 12.5. The van der Waals surface area contributed by atoms with Gasteiger partial charge in [-0.15, -0.1) is 0 Å². The summed E-state index contributed by atoms with van der Waals surface area (Å²) in [5.41, 5.74) is 5.23. The van der Waals surface area contributed by atoms with E-state index >= 15 is 0 Å². The van der Waals surface area contributed by atoms with Crippen molar-refractivity contribution in [2.24, 2.45) is 5.73 Å². The van der Waals surface area contributed by atoms with Crippen LogP contribution in [-0.2, 0) is 12.6 Å². The predicted molar refractivity (Wildman–Crippen MR) is 57.6 cm³/mol. The third-order valence-corrected chi connectivity index (χ3v) is 3.19. The van der Waals surface area contributed by atoms with Gasteiger partial charge >= 0.3 is 6.18 Å². The average Bonchev–Trinajstić information content (AvgIpc) is 2.94. The maximum atomic E-state index is 12.5. The Bertz CT molecular complexity index is 424. The van der Waals surface area contributed by atoms with Crippen molar-refractivity contribution < 1.29 is 18.3 Å². The van der Waals surface area contributed by atoms with E-state index in [0.717, 1.165) is 31.0 Å². The van der Waals surface area contributed by atoms with Crippen molar-refractivity contribution in [1.29, 1.82) is 0 Å². The Morgan fingerprint density at radius 3 is 2.47 bits per heavy atom. The number of alkyl halides is 3. The second-order valence-corrected chi connectivity index (χ2v) is 4.70. The highest BCUT2D eigenvalue weighted by molar-refractivity contribution is 5.37. The fourth-order valence-corrected chi connectivity index (χ4v) is 1.76. The average molecular weight is 245 g/mol. The fourth-order valence-electron chi connectivity index (χ4n) is 1.76. The Morgan fingerprint density at radius 1 is 1.29 bits per heavy atom. The molecular weight excluding hydrogens is 231 g/mol. The molecule has 1 saturated carbocycles. The molecule has 0 saturated heterocycles. The van der Waals surface area contributed by atoms with Crippen molar-refractivity contribution >= 4 is 0 Å². The summed E-state index contributed by atoms with van der Waals surface area (Å²) in [5, 5.41) is 9.51. The zero-order valence-electron chi connectivity index (χ0n) is 9.22. The SMILES string of the molecule is NC1(CCc2cc(C(F)(F)F)ccc2O)CC1. The molecule has 1 aromatic rings. The number of phenolic OH excluding ortho intramolecular Hbond substituents is 1. The van der Waals surface area contributed by atoms with Crippen molar-refractivity contribution in [3.8, 4) is 5.75 Å². The van der Waals surface area contributed by atoms with Gasteiger partial charge in [-0.1, -0.05) is 0 Å². The summed E-state index contributed by atoms with van der Waals surface area (Å²) >= 11 is 0. The van der Waals surface area contributed by atoms with Crippen LogP contribution in [0.25, 0.3) is 0 Å². The largest absolute Gasteiger partial charge is 0.508 e. The molecule has 0 atom stereocenters. The van der Waals surface area contributed by atoms with E-state index in [9.17, 15) is 18.3 Å². The van der Waals surface area contributed by atoms with Gasteiger partial charge in [-0.2, -0.15) is 13.2 Å². The molecule has 17 heavy (non-hydrogen) atoms. The number of phenols is 1. The first-order chi connectivity index (χ1) is 7.80. The standard InChI is InChI=1S/C12H14F3NO/c13-12(14,15)9-1-2-10(17)8(7-9)3-4-11(16)5-6-11/h1-2,7,17H,3-6,16H2. The van der Waals surface area contributed by atoms with Crippen molar-refractivity contribution in [3.05, 3.63) is 29.3 Å². The topological polar surface area (TPSA) is 46.2 Å². The smallest absolute Gasteiger partial charge is 0.416 e. The quantitative estimate of drug-likeness (QED) is 0.860. The molecule has 1 fully saturated rings. The minimum Gasteiger partial charge on any atom is -0.508 e. The van der Waals surface area contributed by atoms with Crippen LogP contribution < -0.4 is 5.73 Å². The zero-order valence-corrected chi connectivity index (χ0v) is 9.22. The van der Waals surface area contributed by atoms with E-state index in [1.54, 1.807) is 0 Å². The fraction of sp³-hybridized carbons (Fsp3) is 0.500. The second-order valence-electron chi connectivity index (χ2n) is 4.70. The van der Waals surface area contributed by atoms with Crippen molar-refractivity contribution in [2.45, 2.75) is 37.4 Å². The number of aryl methyl sites for hydroxylation is 1. The van der Waals surface area contributed by atoms with E-state index in [1.807, 2.05) is 0 Å². The molecule has 1 aliphatic rings. The molecule has 0 aliphatic heterocycles. The lowest BCUT2D eigenvalue weighted by Gasteiger charge is -2.12. The van der Waals surface area contributed by atoms with Crippen LogP contribution in [0.3, 0.4) is 0 Å². The molecule has 0 unspecified atom stereocenters. The van der Waals surface area contributed by atoms with Crippen LogP contribution in [0.1, 0.15) is 30.4 Å². The lowest BCUT2D eigenvalue weighted by atomic mass is 10.0. The second kappa shape index (κ2) is 3.91. The van der Waals surface area contributed by atoms with Gasteiger partial charge in [-0.05, 0) is 49.4 Å². The Labute approximate surface area is 97.2 Å². The van der Waals surface area contributed by atoms with Gasteiger partial charge in [0.05, 0.1) is 5.56 Å². The molecule has 2 rings (SSSR count). The maximum Gasteiger partial charge on any atom is 0.416 e. The summed E-state index contributed by atoms with van der Waals surface area (Å²) < 4.78 is 37.4. The Balaban J connectivity index is 2.14. The number of aromatic hydroxyl groups is 1. The molecule has 3 N–H and O–H groups in total. The number of benzene rings is 1. The van der Waals surface area contributed by atoms with Gasteiger partial charge in [-0.3, -0.25) is 0 Å². The molecule has 0 amide bonds.